The molecule has 0 unspecified atom stereocenters. The van der Waals surface area contributed by atoms with Gasteiger partial charge in [-0.25, -0.2) is 14.1 Å². The first-order valence-electron chi connectivity index (χ1n) is 8.93. The van der Waals surface area contributed by atoms with Crippen LogP contribution in [0.5, 0.6) is 11.6 Å². The lowest BCUT2D eigenvalue weighted by atomic mass is 9.79. The van der Waals surface area contributed by atoms with Gasteiger partial charge in [-0.2, -0.15) is 18.3 Å². The largest absolute Gasteiger partial charge is 0.436 e. The number of ether oxygens (including phenoxy) is 1. The van der Waals surface area contributed by atoms with E-state index in [1.54, 1.807) is 12.1 Å². The maximum Gasteiger partial charge on any atom is 0.435 e. The van der Waals surface area contributed by atoms with Crippen molar-refractivity contribution in [2.24, 2.45) is 7.05 Å². The van der Waals surface area contributed by atoms with Gasteiger partial charge in [0.15, 0.2) is 17.3 Å². The van der Waals surface area contributed by atoms with Gasteiger partial charge in [-0.3, -0.25) is 4.98 Å². The second kappa shape index (κ2) is 7.02. The molecule has 2 aromatic heterocycles. The van der Waals surface area contributed by atoms with Crippen LogP contribution in [0, 0.1) is 5.82 Å². The van der Waals surface area contributed by atoms with E-state index < -0.39 is 17.7 Å². The van der Waals surface area contributed by atoms with Gasteiger partial charge < -0.3 is 10.5 Å². The van der Waals surface area contributed by atoms with Crippen LogP contribution in [0.1, 0.15) is 36.4 Å². The van der Waals surface area contributed by atoms with Gasteiger partial charge in [0, 0.05) is 24.2 Å². The monoisotopic (exact) mass is 407 g/mol. The Morgan fingerprint density at radius 1 is 1.17 bits per heavy atom. The van der Waals surface area contributed by atoms with Crippen LogP contribution >= 0.6 is 0 Å². The van der Waals surface area contributed by atoms with E-state index in [0.29, 0.717) is 5.56 Å². The molecule has 3 aromatic rings. The van der Waals surface area contributed by atoms with Crippen molar-refractivity contribution in [1.29, 1.82) is 0 Å². The molecule has 2 N–H and O–H groups in total. The number of aromatic nitrogens is 4. The number of anilines is 1. The normalized spacial score (nSPS) is 14.7. The quantitative estimate of drug-likeness (QED) is 0.636. The van der Waals surface area contributed by atoms with E-state index in [-0.39, 0.29) is 34.6 Å². The zero-order valence-electron chi connectivity index (χ0n) is 15.4. The molecule has 1 saturated carbocycles. The fourth-order valence-electron chi connectivity index (χ4n) is 3.18. The molecule has 152 valence electrons. The Bertz CT molecular complexity index is 1040. The maximum atomic E-state index is 15.4. The minimum Gasteiger partial charge on any atom is -0.436 e. The molecular formula is C19H17F4N5O. The summed E-state index contributed by atoms with van der Waals surface area (Å²) in [7, 11) is 1.31. The number of halogens is 4. The average molecular weight is 407 g/mol. The van der Waals surface area contributed by atoms with Crippen LogP contribution in [0.2, 0.25) is 0 Å². The van der Waals surface area contributed by atoms with E-state index in [1.165, 1.54) is 19.4 Å². The first-order valence-corrected chi connectivity index (χ1v) is 8.93. The predicted molar refractivity (Wildman–Crippen MR) is 96.7 cm³/mol. The SMILES string of the molecule is Cn1nc(C(F)(F)F)cc1Oc1c(C2CCC2)ccc(-c2cnc(N)cn2)c1F. The molecule has 2 heterocycles. The van der Waals surface area contributed by atoms with E-state index in [2.05, 4.69) is 15.1 Å². The third-order valence-electron chi connectivity index (χ3n) is 4.95. The van der Waals surface area contributed by atoms with Gasteiger partial charge in [0.2, 0.25) is 5.88 Å². The Morgan fingerprint density at radius 3 is 2.48 bits per heavy atom. The summed E-state index contributed by atoms with van der Waals surface area (Å²) < 4.78 is 60.9. The molecule has 4 rings (SSSR count). The van der Waals surface area contributed by atoms with Crippen molar-refractivity contribution < 1.29 is 22.3 Å². The number of hydrogen-bond acceptors (Lipinski definition) is 5. The highest BCUT2D eigenvalue weighted by atomic mass is 19.4. The number of benzene rings is 1. The molecule has 0 amide bonds. The summed E-state index contributed by atoms with van der Waals surface area (Å²) in [6, 6.07) is 4.04. The first kappa shape index (κ1) is 19.2. The van der Waals surface area contributed by atoms with Crippen molar-refractivity contribution in [3.05, 3.63) is 47.7 Å². The third kappa shape index (κ3) is 3.62. The Hall–Kier alpha value is -3.17. The predicted octanol–water partition coefficient (Wildman–Crippen LogP) is 4.68. The number of hydrogen-bond donors (Lipinski definition) is 1. The van der Waals surface area contributed by atoms with Crippen molar-refractivity contribution >= 4 is 5.82 Å². The molecule has 0 atom stereocenters. The van der Waals surface area contributed by atoms with Crippen molar-refractivity contribution in [1.82, 2.24) is 19.7 Å². The van der Waals surface area contributed by atoms with Gasteiger partial charge in [-0.15, -0.1) is 0 Å². The summed E-state index contributed by atoms with van der Waals surface area (Å²) in [6.07, 6.45) is 0.710. The van der Waals surface area contributed by atoms with Gasteiger partial charge in [-0.05, 0) is 24.8 Å². The molecule has 0 radical (unpaired) electrons. The summed E-state index contributed by atoms with van der Waals surface area (Å²) in [6.45, 7) is 0. The summed E-state index contributed by atoms with van der Waals surface area (Å²) in [5.74, 6) is -0.782. The number of nitrogen functional groups attached to an aromatic ring is 1. The van der Waals surface area contributed by atoms with Crippen molar-refractivity contribution in [2.75, 3.05) is 5.73 Å². The van der Waals surface area contributed by atoms with Crippen LogP contribution in [0.25, 0.3) is 11.3 Å². The topological polar surface area (TPSA) is 78.8 Å². The van der Waals surface area contributed by atoms with Crippen molar-refractivity contribution in [3.63, 3.8) is 0 Å². The molecule has 1 aliphatic carbocycles. The molecule has 1 fully saturated rings. The van der Waals surface area contributed by atoms with E-state index in [4.69, 9.17) is 10.5 Å². The fourth-order valence-corrected chi connectivity index (χ4v) is 3.18. The lowest BCUT2D eigenvalue weighted by Gasteiger charge is -2.28. The van der Waals surface area contributed by atoms with Crippen LogP contribution in [-0.4, -0.2) is 19.7 Å². The summed E-state index contributed by atoms with van der Waals surface area (Å²) in [5, 5.41) is 3.41. The van der Waals surface area contributed by atoms with Crippen LogP contribution in [0.3, 0.4) is 0 Å². The van der Waals surface area contributed by atoms with Crippen molar-refractivity contribution in [2.45, 2.75) is 31.4 Å². The number of aryl methyl sites for hydroxylation is 1. The average Bonchev–Trinajstić information content (AvgIpc) is 2.99. The molecule has 29 heavy (non-hydrogen) atoms. The highest BCUT2D eigenvalue weighted by molar-refractivity contribution is 5.64. The number of nitrogens with two attached hydrogens (primary N) is 1. The molecule has 10 heteroatoms. The molecule has 1 aliphatic rings. The Kier molecular flexibility index (Phi) is 4.64. The van der Waals surface area contributed by atoms with Crippen LogP contribution in [0.15, 0.2) is 30.6 Å². The van der Waals surface area contributed by atoms with Gasteiger partial charge in [-0.1, -0.05) is 12.5 Å². The maximum absolute atomic E-state index is 15.4. The summed E-state index contributed by atoms with van der Waals surface area (Å²) in [5.41, 5.74) is 5.38. The van der Waals surface area contributed by atoms with Gasteiger partial charge in [0.05, 0.1) is 18.1 Å². The number of nitrogens with zero attached hydrogens (tertiary/aromatic N) is 4. The Labute approximate surface area is 163 Å². The standard InChI is InChI=1S/C19H17F4N5O/c1-28-16(7-14(27-28)19(21,22)23)29-18-11(10-3-2-4-10)5-6-12(17(18)20)13-8-26-15(24)9-25-13/h5-10H,2-4H2,1H3,(H2,24,26). The van der Waals surface area contributed by atoms with E-state index in [0.717, 1.165) is 30.0 Å². The highest BCUT2D eigenvalue weighted by Gasteiger charge is 2.35. The molecule has 0 bridgehead atoms. The Morgan fingerprint density at radius 2 is 1.93 bits per heavy atom. The fraction of sp³-hybridized carbons (Fsp3) is 0.316. The zero-order chi connectivity index (χ0) is 20.8. The van der Waals surface area contributed by atoms with Gasteiger partial charge >= 0.3 is 6.18 Å². The second-order valence-corrected chi connectivity index (χ2v) is 6.89. The highest BCUT2D eigenvalue weighted by Crippen LogP contribution is 2.45. The molecule has 6 nitrogen and oxygen atoms in total. The van der Waals surface area contributed by atoms with Gasteiger partial charge in [0.1, 0.15) is 5.82 Å². The molecule has 1 aromatic carbocycles. The van der Waals surface area contributed by atoms with E-state index in [9.17, 15) is 13.2 Å². The second-order valence-electron chi connectivity index (χ2n) is 6.89. The van der Waals surface area contributed by atoms with E-state index >= 15 is 4.39 Å². The molecule has 0 aliphatic heterocycles. The van der Waals surface area contributed by atoms with Crippen molar-refractivity contribution in [3.8, 4) is 22.9 Å². The lowest BCUT2D eigenvalue weighted by molar-refractivity contribution is -0.141. The third-order valence-corrected chi connectivity index (χ3v) is 4.95. The van der Waals surface area contributed by atoms with Crippen LogP contribution < -0.4 is 10.5 Å². The van der Waals surface area contributed by atoms with E-state index in [1.807, 2.05) is 0 Å². The smallest absolute Gasteiger partial charge is 0.435 e. The number of alkyl halides is 3. The molecular weight excluding hydrogens is 390 g/mol. The van der Waals surface area contributed by atoms with Crippen LogP contribution in [0.4, 0.5) is 23.4 Å². The lowest BCUT2D eigenvalue weighted by Crippen LogP contribution is -2.12. The Balaban J connectivity index is 1.79. The van der Waals surface area contributed by atoms with Gasteiger partial charge in [0.25, 0.3) is 0 Å². The minimum absolute atomic E-state index is 0.0846. The van der Waals surface area contributed by atoms with Crippen LogP contribution in [-0.2, 0) is 13.2 Å². The minimum atomic E-state index is -4.63. The zero-order valence-corrected chi connectivity index (χ0v) is 15.4. The number of rotatable bonds is 4. The first-order chi connectivity index (χ1) is 13.7. The molecule has 0 saturated heterocycles. The summed E-state index contributed by atoms with van der Waals surface area (Å²) >= 11 is 0. The molecule has 0 spiro atoms. The summed E-state index contributed by atoms with van der Waals surface area (Å²) in [4.78, 5) is 7.98.